The number of nitrogens with zero attached hydrogens (tertiary/aromatic N) is 4. The van der Waals surface area contributed by atoms with E-state index in [2.05, 4.69) is 52.4 Å². The maximum atomic E-state index is 14.0. The smallest absolute Gasteiger partial charge is 0.263 e. The second kappa shape index (κ2) is 10.1. The van der Waals surface area contributed by atoms with Gasteiger partial charge in [0.05, 0.1) is 35.4 Å². The van der Waals surface area contributed by atoms with Crippen molar-refractivity contribution >= 4 is 41.5 Å². The molecule has 200 valence electrons. The van der Waals surface area contributed by atoms with Gasteiger partial charge in [-0.05, 0) is 77.8 Å². The molecule has 0 aliphatic carbocycles. The summed E-state index contributed by atoms with van der Waals surface area (Å²) in [5.74, 6) is 1.55. The highest BCUT2D eigenvalue weighted by molar-refractivity contribution is 8.47. The molecule has 0 unspecified atom stereocenters. The summed E-state index contributed by atoms with van der Waals surface area (Å²) < 4.78 is 14.4. The topological polar surface area (TPSA) is 69.5 Å². The highest BCUT2D eigenvalue weighted by Gasteiger charge is 2.20. The number of hydrogen-bond donors (Lipinski definition) is 1. The lowest BCUT2D eigenvalue weighted by atomic mass is 10.1. The molecular formula is C28H38N4O3S2. The van der Waals surface area contributed by atoms with Gasteiger partial charge in [0, 0.05) is 25.8 Å². The number of benzene rings is 1. The number of thiol groups is 1. The molecule has 9 heteroatoms. The number of morpholine rings is 1. The van der Waals surface area contributed by atoms with Gasteiger partial charge < -0.3 is 9.47 Å². The molecule has 0 atom stereocenters. The molecule has 1 aromatic carbocycles. The summed E-state index contributed by atoms with van der Waals surface area (Å²) in [6.45, 7) is 6.88. The standard InChI is InChI=1S/C28H38N4O3S2/c1-20-14-21(18-31-7-9-34-10-8-31)15-23-26(20)30-27(24-16-22-6-12-36-25(22)17-29-24)32(28(23)33)19-35-11-13-37(2,3,4)5/h6,12,14-17,37H,7-11,13,18-19H2,1-5H3. The van der Waals surface area contributed by atoms with Crippen molar-refractivity contribution in [1.82, 2.24) is 19.4 Å². The zero-order valence-electron chi connectivity index (χ0n) is 22.5. The fourth-order valence-corrected chi connectivity index (χ4v) is 6.17. The highest BCUT2D eigenvalue weighted by atomic mass is 32.3. The number of hydrogen-bond acceptors (Lipinski definition) is 7. The van der Waals surface area contributed by atoms with E-state index in [1.54, 1.807) is 15.9 Å². The molecule has 4 aromatic rings. The van der Waals surface area contributed by atoms with Crippen LogP contribution in [-0.2, 0) is 22.7 Å². The minimum absolute atomic E-state index is 0.0855. The van der Waals surface area contributed by atoms with Crippen LogP contribution in [0.3, 0.4) is 0 Å². The maximum absolute atomic E-state index is 14.0. The first-order valence-corrected chi connectivity index (χ1v) is 17.9. The Morgan fingerprint density at radius 2 is 1.92 bits per heavy atom. The molecule has 1 saturated heterocycles. The van der Waals surface area contributed by atoms with Gasteiger partial charge in [-0.25, -0.2) is 4.98 Å². The predicted molar refractivity (Wildman–Crippen MR) is 159 cm³/mol. The van der Waals surface area contributed by atoms with Crippen molar-refractivity contribution in [3.8, 4) is 11.5 Å². The molecule has 1 aliphatic heterocycles. The summed E-state index contributed by atoms with van der Waals surface area (Å²) in [5.41, 5.74) is 3.44. The highest BCUT2D eigenvalue weighted by Crippen LogP contribution is 2.54. The molecule has 0 amide bonds. The van der Waals surface area contributed by atoms with E-state index in [1.807, 2.05) is 25.3 Å². The van der Waals surface area contributed by atoms with Crippen molar-refractivity contribution in [3.63, 3.8) is 0 Å². The Morgan fingerprint density at radius 3 is 2.68 bits per heavy atom. The van der Waals surface area contributed by atoms with Crippen LogP contribution in [0, 0.1) is 6.92 Å². The molecule has 37 heavy (non-hydrogen) atoms. The quantitative estimate of drug-likeness (QED) is 0.263. The van der Waals surface area contributed by atoms with Crippen molar-refractivity contribution < 1.29 is 9.47 Å². The second-order valence-corrected chi connectivity index (χ2v) is 21.4. The normalized spacial score (nSPS) is 16.3. The van der Waals surface area contributed by atoms with E-state index in [1.165, 1.54) is 0 Å². The Balaban J connectivity index is 1.56. The summed E-state index contributed by atoms with van der Waals surface area (Å²) in [6.07, 6.45) is 11.2. The van der Waals surface area contributed by atoms with E-state index >= 15 is 0 Å². The largest absolute Gasteiger partial charge is 0.379 e. The van der Waals surface area contributed by atoms with E-state index in [9.17, 15) is 4.79 Å². The van der Waals surface area contributed by atoms with Crippen LogP contribution in [0.1, 0.15) is 11.1 Å². The van der Waals surface area contributed by atoms with E-state index in [0.717, 1.165) is 65.3 Å². The van der Waals surface area contributed by atoms with Gasteiger partial charge in [0.2, 0.25) is 0 Å². The summed E-state index contributed by atoms with van der Waals surface area (Å²) in [6, 6.07) is 8.24. The van der Waals surface area contributed by atoms with Crippen LogP contribution in [-0.4, -0.2) is 83.1 Å². The average molecular weight is 543 g/mol. The van der Waals surface area contributed by atoms with Crippen LogP contribution in [0.2, 0.25) is 0 Å². The van der Waals surface area contributed by atoms with Gasteiger partial charge in [0.1, 0.15) is 12.4 Å². The zero-order valence-corrected chi connectivity index (χ0v) is 24.2. The molecule has 5 rings (SSSR count). The third-order valence-electron chi connectivity index (χ3n) is 6.74. The van der Waals surface area contributed by atoms with E-state index in [4.69, 9.17) is 14.5 Å². The minimum Gasteiger partial charge on any atom is -0.379 e. The van der Waals surface area contributed by atoms with Crippen molar-refractivity contribution in [3.05, 3.63) is 57.3 Å². The Hall–Kier alpha value is -2.30. The number of ether oxygens (including phenoxy) is 2. The zero-order chi connectivity index (χ0) is 26.2. The van der Waals surface area contributed by atoms with Crippen LogP contribution >= 0.6 is 20.5 Å². The first-order chi connectivity index (χ1) is 17.5. The third-order valence-corrected chi connectivity index (χ3v) is 9.58. The summed E-state index contributed by atoms with van der Waals surface area (Å²) >= 11 is 1.65. The summed E-state index contributed by atoms with van der Waals surface area (Å²) in [4.78, 5) is 26.1. The van der Waals surface area contributed by atoms with Gasteiger partial charge in [-0.2, -0.15) is 0 Å². The number of aromatic nitrogens is 3. The molecule has 1 aliphatic rings. The molecule has 0 radical (unpaired) electrons. The van der Waals surface area contributed by atoms with Crippen LogP contribution in [0.25, 0.3) is 32.5 Å². The van der Waals surface area contributed by atoms with Gasteiger partial charge in [-0.1, -0.05) is 6.07 Å². The number of rotatable bonds is 8. The lowest BCUT2D eigenvalue weighted by Gasteiger charge is -2.46. The van der Waals surface area contributed by atoms with Crippen molar-refractivity contribution in [2.24, 2.45) is 0 Å². The van der Waals surface area contributed by atoms with Gasteiger partial charge in [0.15, 0.2) is 5.82 Å². The van der Waals surface area contributed by atoms with E-state index in [0.29, 0.717) is 23.5 Å². The van der Waals surface area contributed by atoms with Crippen LogP contribution in [0.4, 0.5) is 0 Å². The van der Waals surface area contributed by atoms with Gasteiger partial charge in [-0.15, -0.1) is 11.3 Å². The molecule has 7 nitrogen and oxygen atoms in total. The number of fused-ring (bicyclic) bond motifs is 2. The lowest BCUT2D eigenvalue weighted by molar-refractivity contribution is 0.0342. The first kappa shape index (κ1) is 26.3. The Labute approximate surface area is 222 Å². The van der Waals surface area contributed by atoms with Gasteiger partial charge >= 0.3 is 0 Å². The van der Waals surface area contributed by atoms with Crippen LogP contribution < -0.4 is 5.56 Å². The molecular weight excluding hydrogens is 504 g/mol. The monoisotopic (exact) mass is 542 g/mol. The second-order valence-electron chi connectivity index (χ2n) is 12.1. The fraction of sp³-hybridized carbons (Fsp3) is 0.464. The predicted octanol–water partition coefficient (Wildman–Crippen LogP) is 4.38. The van der Waals surface area contributed by atoms with Gasteiger partial charge in [0.25, 0.3) is 5.56 Å². The van der Waals surface area contributed by atoms with Crippen molar-refractivity contribution in [1.29, 1.82) is 0 Å². The SMILES string of the molecule is Cc1cc(CN2CCOCC2)cc2c(=O)n(COCC[SH](C)(C)(C)C)c(-c3cc4ccsc4cn3)nc12. The maximum Gasteiger partial charge on any atom is 0.263 e. The van der Waals surface area contributed by atoms with Gasteiger partial charge in [-0.3, -0.25) is 28.4 Å². The summed E-state index contributed by atoms with van der Waals surface area (Å²) in [5, 5.41) is 3.78. The minimum atomic E-state index is -1.71. The van der Waals surface area contributed by atoms with E-state index in [-0.39, 0.29) is 12.3 Å². The fourth-order valence-electron chi connectivity index (χ4n) is 4.57. The van der Waals surface area contributed by atoms with Crippen molar-refractivity contribution in [2.45, 2.75) is 20.2 Å². The summed E-state index contributed by atoms with van der Waals surface area (Å²) in [7, 11) is -1.71. The van der Waals surface area contributed by atoms with Crippen LogP contribution in [0.15, 0.2) is 40.6 Å². The molecule has 0 saturated carbocycles. The Morgan fingerprint density at radius 1 is 1.14 bits per heavy atom. The molecule has 0 N–H and O–H groups in total. The number of pyridine rings is 1. The van der Waals surface area contributed by atoms with E-state index < -0.39 is 9.16 Å². The lowest BCUT2D eigenvalue weighted by Crippen LogP contribution is -2.35. The Bertz CT molecular complexity index is 1490. The third kappa shape index (κ3) is 6.23. The molecule has 3 aromatic heterocycles. The number of aryl methyl sites for hydroxylation is 1. The number of thiophene rings is 1. The van der Waals surface area contributed by atoms with Crippen LogP contribution in [0.5, 0.6) is 0 Å². The molecule has 0 spiro atoms. The first-order valence-electron chi connectivity index (χ1n) is 12.8. The average Bonchev–Trinajstić information content (AvgIpc) is 3.31. The molecule has 1 fully saturated rings. The molecule has 4 heterocycles. The Kier molecular flexibility index (Phi) is 7.19. The van der Waals surface area contributed by atoms with Crippen molar-refractivity contribution in [2.75, 3.05) is 63.7 Å². The molecule has 0 bridgehead atoms.